The van der Waals surface area contributed by atoms with Crippen LogP contribution in [-0.2, 0) is 4.79 Å². The number of para-hydroxylation sites is 1. The van der Waals surface area contributed by atoms with Crippen LogP contribution in [-0.4, -0.2) is 29.9 Å². The van der Waals surface area contributed by atoms with Crippen molar-refractivity contribution in [1.29, 1.82) is 0 Å². The lowest BCUT2D eigenvalue weighted by atomic mass is 9.97. The van der Waals surface area contributed by atoms with E-state index in [4.69, 9.17) is 0 Å². The molecular formula is C21H25N3O2. The fourth-order valence-electron chi connectivity index (χ4n) is 3.22. The number of urea groups is 1. The zero-order valence-corrected chi connectivity index (χ0v) is 15.3. The van der Waals surface area contributed by atoms with Crippen molar-refractivity contribution in [1.82, 2.24) is 4.90 Å². The van der Waals surface area contributed by atoms with E-state index in [-0.39, 0.29) is 17.9 Å². The summed E-state index contributed by atoms with van der Waals surface area (Å²) in [6.45, 7) is 5.15. The van der Waals surface area contributed by atoms with Crippen LogP contribution in [0.3, 0.4) is 0 Å². The van der Waals surface area contributed by atoms with Crippen LogP contribution in [0.25, 0.3) is 0 Å². The lowest BCUT2D eigenvalue weighted by Gasteiger charge is -2.32. The van der Waals surface area contributed by atoms with E-state index in [0.717, 1.165) is 35.3 Å². The Hall–Kier alpha value is -2.82. The van der Waals surface area contributed by atoms with Gasteiger partial charge in [0.1, 0.15) is 0 Å². The first-order valence-corrected chi connectivity index (χ1v) is 9.02. The molecule has 0 spiro atoms. The molecule has 5 nitrogen and oxygen atoms in total. The van der Waals surface area contributed by atoms with Crippen LogP contribution in [0, 0.1) is 19.8 Å². The number of hydrogen-bond donors (Lipinski definition) is 2. The number of amides is 3. The summed E-state index contributed by atoms with van der Waals surface area (Å²) in [5.41, 5.74) is 3.84. The normalized spacial score (nSPS) is 16.8. The monoisotopic (exact) mass is 351 g/mol. The Balaban J connectivity index is 1.61. The highest BCUT2D eigenvalue weighted by Gasteiger charge is 2.28. The van der Waals surface area contributed by atoms with Crippen molar-refractivity contribution >= 4 is 23.3 Å². The summed E-state index contributed by atoms with van der Waals surface area (Å²) in [6, 6.07) is 15.1. The summed E-state index contributed by atoms with van der Waals surface area (Å²) in [4.78, 5) is 26.9. The van der Waals surface area contributed by atoms with Crippen molar-refractivity contribution in [3.8, 4) is 0 Å². The molecule has 0 saturated carbocycles. The van der Waals surface area contributed by atoms with Crippen molar-refractivity contribution in [3.63, 3.8) is 0 Å². The van der Waals surface area contributed by atoms with Crippen molar-refractivity contribution in [2.45, 2.75) is 26.7 Å². The number of hydrogen-bond acceptors (Lipinski definition) is 2. The van der Waals surface area contributed by atoms with Gasteiger partial charge in [-0.05, 0) is 56.0 Å². The Morgan fingerprint density at radius 2 is 1.77 bits per heavy atom. The molecule has 136 valence electrons. The van der Waals surface area contributed by atoms with E-state index in [0.29, 0.717) is 13.1 Å². The number of nitrogens with one attached hydrogen (secondary N) is 2. The average molecular weight is 351 g/mol. The molecule has 26 heavy (non-hydrogen) atoms. The van der Waals surface area contributed by atoms with E-state index >= 15 is 0 Å². The second kappa shape index (κ2) is 8.04. The number of aryl methyl sites for hydroxylation is 1. The van der Waals surface area contributed by atoms with Gasteiger partial charge in [0.25, 0.3) is 0 Å². The minimum Gasteiger partial charge on any atom is -0.326 e. The van der Waals surface area contributed by atoms with Crippen molar-refractivity contribution in [2.24, 2.45) is 5.92 Å². The molecular weight excluding hydrogens is 326 g/mol. The lowest BCUT2D eigenvalue weighted by Crippen LogP contribution is -2.45. The Morgan fingerprint density at radius 1 is 1.00 bits per heavy atom. The van der Waals surface area contributed by atoms with Crippen LogP contribution in [0.1, 0.15) is 24.0 Å². The molecule has 3 amide bonds. The number of carbonyl (C=O) groups excluding carboxylic acids is 2. The Kier molecular flexibility index (Phi) is 5.56. The molecule has 1 atom stereocenters. The molecule has 2 aromatic carbocycles. The van der Waals surface area contributed by atoms with Gasteiger partial charge >= 0.3 is 6.03 Å². The molecule has 1 aliphatic heterocycles. The van der Waals surface area contributed by atoms with E-state index in [1.54, 1.807) is 4.90 Å². The van der Waals surface area contributed by atoms with Crippen LogP contribution < -0.4 is 10.6 Å². The van der Waals surface area contributed by atoms with Crippen molar-refractivity contribution in [3.05, 3.63) is 59.7 Å². The number of nitrogens with zero attached hydrogens (tertiary/aromatic N) is 1. The van der Waals surface area contributed by atoms with Gasteiger partial charge in [-0.2, -0.15) is 0 Å². The molecule has 0 aromatic heterocycles. The highest BCUT2D eigenvalue weighted by molar-refractivity contribution is 5.94. The molecule has 3 rings (SSSR count). The van der Waals surface area contributed by atoms with Crippen LogP contribution in [0.4, 0.5) is 16.2 Å². The SMILES string of the molecule is Cc1cccc(NC(=O)[C@@H]2CCCN(C(=O)Nc3ccccc3)C2)c1C. The summed E-state index contributed by atoms with van der Waals surface area (Å²) < 4.78 is 0. The molecule has 0 bridgehead atoms. The maximum Gasteiger partial charge on any atom is 0.321 e. The maximum absolute atomic E-state index is 12.7. The molecule has 0 aliphatic carbocycles. The Morgan fingerprint density at radius 3 is 2.54 bits per heavy atom. The third kappa shape index (κ3) is 4.23. The van der Waals surface area contributed by atoms with E-state index in [1.165, 1.54) is 0 Å². The second-order valence-electron chi connectivity index (χ2n) is 6.82. The third-order valence-electron chi connectivity index (χ3n) is 4.97. The first kappa shape index (κ1) is 18.0. The zero-order chi connectivity index (χ0) is 18.5. The summed E-state index contributed by atoms with van der Waals surface area (Å²) in [7, 11) is 0. The van der Waals surface area contributed by atoms with Gasteiger partial charge in [0.2, 0.25) is 5.91 Å². The highest BCUT2D eigenvalue weighted by atomic mass is 16.2. The predicted molar refractivity (Wildman–Crippen MR) is 104 cm³/mol. The van der Waals surface area contributed by atoms with Gasteiger partial charge in [-0.3, -0.25) is 4.79 Å². The number of rotatable bonds is 3. The molecule has 1 aliphatic rings. The molecule has 1 heterocycles. The fourth-order valence-corrected chi connectivity index (χ4v) is 3.22. The highest BCUT2D eigenvalue weighted by Crippen LogP contribution is 2.22. The van der Waals surface area contributed by atoms with Gasteiger partial charge < -0.3 is 15.5 Å². The van der Waals surface area contributed by atoms with Gasteiger partial charge in [-0.25, -0.2) is 4.79 Å². The Bertz CT molecular complexity index is 789. The summed E-state index contributed by atoms with van der Waals surface area (Å²) >= 11 is 0. The summed E-state index contributed by atoms with van der Waals surface area (Å²) in [5, 5.41) is 5.93. The number of benzene rings is 2. The maximum atomic E-state index is 12.7. The van der Waals surface area contributed by atoms with Gasteiger partial charge in [-0.15, -0.1) is 0 Å². The van der Waals surface area contributed by atoms with E-state index in [9.17, 15) is 9.59 Å². The minimum atomic E-state index is -0.190. The van der Waals surface area contributed by atoms with Crippen LogP contribution in [0.2, 0.25) is 0 Å². The number of anilines is 2. The molecule has 0 unspecified atom stereocenters. The Labute approximate surface area is 154 Å². The number of likely N-dealkylation sites (tertiary alicyclic amines) is 1. The van der Waals surface area contributed by atoms with E-state index in [1.807, 2.05) is 62.4 Å². The molecule has 2 N–H and O–H groups in total. The number of piperidine rings is 1. The average Bonchev–Trinajstić information content (AvgIpc) is 2.66. The topological polar surface area (TPSA) is 61.4 Å². The summed E-state index contributed by atoms with van der Waals surface area (Å²) in [5.74, 6) is -0.207. The van der Waals surface area contributed by atoms with Crippen LogP contribution in [0.15, 0.2) is 48.5 Å². The quantitative estimate of drug-likeness (QED) is 0.871. The predicted octanol–water partition coefficient (Wildman–Crippen LogP) is 4.19. The summed E-state index contributed by atoms with van der Waals surface area (Å²) in [6.07, 6.45) is 1.62. The number of carbonyl (C=O) groups is 2. The molecule has 1 fully saturated rings. The standard InChI is InChI=1S/C21H25N3O2/c1-15-8-6-12-19(16(15)2)23-20(25)17-9-7-13-24(14-17)21(26)22-18-10-4-3-5-11-18/h3-6,8,10-12,17H,7,9,13-14H2,1-2H3,(H,22,26)(H,23,25)/t17-/m1/s1. The van der Waals surface area contributed by atoms with Crippen LogP contribution in [0.5, 0.6) is 0 Å². The molecule has 5 heteroatoms. The zero-order valence-electron chi connectivity index (χ0n) is 15.3. The molecule has 1 saturated heterocycles. The smallest absolute Gasteiger partial charge is 0.321 e. The van der Waals surface area contributed by atoms with E-state index < -0.39 is 0 Å². The van der Waals surface area contributed by atoms with Crippen LogP contribution >= 0.6 is 0 Å². The fraction of sp³-hybridized carbons (Fsp3) is 0.333. The lowest BCUT2D eigenvalue weighted by molar-refractivity contribution is -0.121. The second-order valence-corrected chi connectivity index (χ2v) is 6.82. The van der Waals surface area contributed by atoms with Crippen molar-refractivity contribution in [2.75, 3.05) is 23.7 Å². The van der Waals surface area contributed by atoms with Gasteiger partial charge in [0, 0.05) is 24.5 Å². The van der Waals surface area contributed by atoms with Crippen molar-refractivity contribution < 1.29 is 9.59 Å². The van der Waals surface area contributed by atoms with Gasteiger partial charge in [0.15, 0.2) is 0 Å². The molecule has 0 radical (unpaired) electrons. The minimum absolute atomic E-state index is 0.0177. The van der Waals surface area contributed by atoms with E-state index in [2.05, 4.69) is 10.6 Å². The third-order valence-corrected chi connectivity index (χ3v) is 4.97. The van der Waals surface area contributed by atoms with Gasteiger partial charge in [-0.1, -0.05) is 30.3 Å². The first-order valence-electron chi connectivity index (χ1n) is 9.02. The van der Waals surface area contributed by atoms with Gasteiger partial charge in [0.05, 0.1) is 5.92 Å². The molecule has 2 aromatic rings. The first-order chi connectivity index (χ1) is 12.5. The largest absolute Gasteiger partial charge is 0.326 e.